The lowest BCUT2D eigenvalue weighted by molar-refractivity contribution is 0.0872. The predicted molar refractivity (Wildman–Crippen MR) is 124 cm³/mol. The molecule has 6 rings (SSSR count). The number of imide groups is 2. The average Bonchev–Trinajstić information content (AvgIpc) is 2.91. The highest BCUT2D eigenvalue weighted by Crippen LogP contribution is 2.42. The molecule has 0 radical (unpaired) electrons. The monoisotopic (exact) mass is 470 g/mol. The van der Waals surface area contributed by atoms with Crippen molar-refractivity contribution < 1.29 is 19.2 Å². The van der Waals surface area contributed by atoms with Gasteiger partial charge in [-0.1, -0.05) is 0 Å². The van der Waals surface area contributed by atoms with E-state index in [1.54, 1.807) is 0 Å². The van der Waals surface area contributed by atoms with E-state index in [0.717, 1.165) is 9.80 Å². The van der Waals surface area contributed by atoms with Gasteiger partial charge in [0.15, 0.2) is 0 Å². The number of aromatic nitrogens is 2. The predicted octanol–water partition coefficient (Wildman–Crippen LogP) is 2.97. The fourth-order valence-corrected chi connectivity index (χ4v) is 4.70. The first kappa shape index (κ1) is 20.8. The molecule has 10 nitrogen and oxygen atoms in total. The largest absolute Gasteiger partial charge is 0.268 e. The zero-order valence-corrected chi connectivity index (χ0v) is 18.1. The van der Waals surface area contributed by atoms with Crippen molar-refractivity contribution in [2.45, 2.75) is 0 Å². The third-order valence-electron chi connectivity index (χ3n) is 6.19. The van der Waals surface area contributed by atoms with Gasteiger partial charge in [0, 0.05) is 35.6 Å². The molecule has 36 heavy (non-hydrogen) atoms. The summed E-state index contributed by atoms with van der Waals surface area (Å²) in [6.45, 7) is 0. The Labute approximate surface area is 202 Å². The smallest absolute Gasteiger partial charge is 0.267 e. The third-order valence-corrected chi connectivity index (χ3v) is 6.19. The second-order valence-electron chi connectivity index (χ2n) is 7.97. The Hall–Kier alpha value is -5.74. The molecule has 0 saturated heterocycles. The third kappa shape index (κ3) is 2.58. The number of hydrogen-bond acceptors (Lipinski definition) is 8. The van der Waals surface area contributed by atoms with Gasteiger partial charge in [-0.15, -0.1) is 0 Å². The van der Waals surface area contributed by atoms with Gasteiger partial charge in [-0.25, -0.2) is 9.80 Å². The van der Waals surface area contributed by atoms with Gasteiger partial charge in [0.05, 0.1) is 44.8 Å². The van der Waals surface area contributed by atoms with Gasteiger partial charge < -0.3 is 0 Å². The van der Waals surface area contributed by atoms with Gasteiger partial charge in [0.25, 0.3) is 23.6 Å². The Bertz CT molecular complexity index is 1650. The van der Waals surface area contributed by atoms with E-state index >= 15 is 0 Å². The molecule has 0 saturated carbocycles. The van der Waals surface area contributed by atoms with Gasteiger partial charge >= 0.3 is 0 Å². The van der Waals surface area contributed by atoms with Crippen molar-refractivity contribution >= 4 is 45.8 Å². The maximum atomic E-state index is 13.6. The summed E-state index contributed by atoms with van der Waals surface area (Å²) in [6.07, 6.45) is 5.62. The number of rotatable bonds is 2. The molecule has 2 aromatic carbocycles. The van der Waals surface area contributed by atoms with Crippen molar-refractivity contribution in [3.8, 4) is 12.1 Å². The molecule has 0 spiro atoms. The minimum Gasteiger partial charge on any atom is -0.268 e. The van der Waals surface area contributed by atoms with Crippen molar-refractivity contribution in [1.29, 1.82) is 10.5 Å². The van der Waals surface area contributed by atoms with Crippen LogP contribution in [-0.4, -0.2) is 33.6 Å². The van der Waals surface area contributed by atoms with Crippen molar-refractivity contribution in [3.05, 3.63) is 94.6 Å². The number of nitrogens with zero attached hydrogens (tertiary/aromatic N) is 6. The van der Waals surface area contributed by atoms with Crippen molar-refractivity contribution in [2.24, 2.45) is 0 Å². The Morgan fingerprint density at radius 2 is 0.944 bits per heavy atom. The molecule has 0 atom stereocenters. The van der Waals surface area contributed by atoms with Crippen LogP contribution in [0, 0.1) is 22.7 Å². The standard InChI is InChI=1S/C26H10N6O4/c27-11-13-10-18-22-20(26(36)32(24(18)34)16-3-7-30-8-4-16)14(12-28)9-17-21(22)19(13)25(35)31(23(17)33)15-1-5-29-6-2-15/h1-10H. The number of benzene rings is 2. The summed E-state index contributed by atoms with van der Waals surface area (Å²) >= 11 is 0. The summed E-state index contributed by atoms with van der Waals surface area (Å²) in [5.74, 6) is -3.07. The fourth-order valence-electron chi connectivity index (χ4n) is 4.70. The molecule has 2 aliphatic rings. The van der Waals surface area contributed by atoms with Gasteiger partial charge in [0.1, 0.15) is 12.1 Å². The number of carbonyl (C=O) groups is 4. The maximum Gasteiger partial charge on any atom is 0.267 e. The van der Waals surface area contributed by atoms with Crippen LogP contribution in [-0.2, 0) is 0 Å². The Morgan fingerprint density at radius 1 is 0.583 bits per heavy atom. The molecule has 4 aromatic rings. The van der Waals surface area contributed by atoms with E-state index in [0.29, 0.717) is 0 Å². The molecule has 0 N–H and O–H groups in total. The molecule has 4 amide bonds. The van der Waals surface area contributed by atoms with Gasteiger partial charge in [-0.2, -0.15) is 10.5 Å². The highest BCUT2D eigenvalue weighted by molar-refractivity contribution is 6.43. The van der Waals surface area contributed by atoms with Gasteiger partial charge in [-0.05, 0) is 36.4 Å². The Balaban J connectivity index is 1.73. The fraction of sp³-hybridized carbons (Fsp3) is 0. The summed E-state index contributed by atoms with van der Waals surface area (Å²) in [7, 11) is 0. The van der Waals surface area contributed by atoms with Crippen LogP contribution in [0.2, 0.25) is 0 Å². The lowest BCUT2D eigenvalue weighted by Crippen LogP contribution is -2.44. The van der Waals surface area contributed by atoms with Gasteiger partial charge in [0.2, 0.25) is 0 Å². The second-order valence-corrected chi connectivity index (χ2v) is 7.97. The summed E-state index contributed by atoms with van der Waals surface area (Å²) in [5.41, 5.74) is -0.194. The van der Waals surface area contributed by atoms with E-state index in [1.807, 2.05) is 12.1 Å². The molecule has 0 unspecified atom stereocenters. The van der Waals surface area contributed by atoms with Gasteiger partial charge in [-0.3, -0.25) is 29.1 Å². The van der Waals surface area contributed by atoms with Crippen LogP contribution in [0.15, 0.2) is 61.2 Å². The minimum atomic E-state index is -0.783. The van der Waals surface area contributed by atoms with E-state index in [-0.39, 0.29) is 55.5 Å². The molecule has 0 fully saturated rings. The molecule has 0 bridgehead atoms. The summed E-state index contributed by atoms with van der Waals surface area (Å²) in [6, 6.07) is 12.2. The first-order chi connectivity index (χ1) is 17.5. The van der Waals surface area contributed by atoms with Crippen molar-refractivity contribution in [2.75, 3.05) is 9.80 Å². The summed E-state index contributed by atoms with van der Waals surface area (Å²) in [4.78, 5) is 63.9. The average molecular weight is 470 g/mol. The van der Waals surface area contributed by atoms with Crippen molar-refractivity contribution in [3.63, 3.8) is 0 Å². The molecule has 2 aliphatic heterocycles. The second kappa shape index (κ2) is 7.38. The Kier molecular flexibility index (Phi) is 4.27. The number of anilines is 2. The quantitative estimate of drug-likeness (QED) is 0.406. The van der Waals surface area contributed by atoms with Crippen LogP contribution in [0.25, 0.3) is 10.8 Å². The number of amides is 4. The van der Waals surface area contributed by atoms with Crippen molar-refractivity contribution in [1.82, 2.24) is 9.97 Å². The molecular weight excluding hydrogens is 460 g/mol. The molecular formula is C26H10N6O4. The minimum absolute atomic E-state index is 0.00874. The first-order valence-electron chi connectivity index (χ1n) is 10.5. The van der Waals surface area contributed by atoms with Crippen LogP contribution in [0.1, 0.15) is 52.6 Å². The van der Waals surface area contributed by atoms with E-state index in [4.69, 9.17) is 0 Å². The summed E-state index contributed by atoms with van der Waals surface area (Å²) < 4.78 is 0. The van der Waals surface area contributed by atoms with Crippen LogP contribution < -0.4 is 9.80 Å². The van der Waals surface area contributed by atoms with Crippen LogP contribution in [0.3, 0.4) is 0 Å². The first-order valence-corrected chi connectivity index (χ1v) is 10.5. The van der Waals surface area contributed by atoms with E-state index < -0.39 is 23.6 Å². The van der Waals surface area contributed by atoms with E-state index in [1.165, 1.54) is 61.2 Å². The lowest BCUT2D eigenvalue weighted by atomic mass is 9.81. The molecule has 168 valence electrons. The highest BCUT2D eigenvalue weighted by Gasteiger charge is 2.43. The number of pyridine rings is 2. The lowest BCUT2D eigenvalue weighted by Gasteiger charge is -2.32. The zero-order valence-electron chi connectivity index (χ0n) is 18.1. The molecule has 10 heteroatoms. The van der Waals surface area contributed by atoms with E-state index in [2.05, 4.69) is 9.97 Å². The SMILES string of the molecule is N#Cc1cc2c3c(c(C#N)cc4c3c1C(=O)N(c1ccncc1)C4=O)C(=O)N(c1ccncc1)C2=O. The molecule has 0 aliphatic carbocycles. The Morgan fingerprint density at radius 3 is 1.28 bits per heavy atom. The number of hydrogen-bond donors (Lipinski definition) is 0. The molecule has 2 aromatic heterocycles. The topological polar surface area (TPSA) is 148 Å². The van der Waals surface area contributed by atoms with Crippen LogP contribution in [0.4, 0.5) is 11.4 Å². The maximum absolute atomic E-state index is 13.6. The molecule has 4 heterocycles. The normalized spacial score (nSPS) is 14.2. The van der Waals surface area contributed by atoms with Crippen LogP contribution >= 0.6 is 0 Å². The van der Waals surface area contributed by atoms with Crippen LogP contribution in [0.5, 0.6) is 0 Å². The number of carbonyl (C=O) groups excluding carboxylic acids is 4. The van der Waals surface area contributed by atoms with E-state index in [9.17, 15) is 29.7 Å². The highest BCUT2D eigenvalue weighted by atomic mass is 16.2. The number of nitriles is 2. The zero-order chi connectivity index (χ0) is 25.1. The summed E-state index contributed by atoms with van der Waals surface area (Å²) in [5, 5.41) is 19.9.